The van der Waals surface area contributed by atoms with E-state index in [9.17, 15) is 9.59 Å². The summed E-state index contributed by atoms with van der Waals surface area (Å²) in [5, 5.41) is 7.56. The van der Waals surface area contributed by atoms with Crippen molar-refractivity contribution in [2.45, 2.75) is 26.8 Å². The molecule has 1 atom stereocenters. The first-order valence-electron chi connectivity index (χ1n) is 7.30. The smallest absolute Gasteiger partial charge is 0.262 e. The van der Waals surface area contributed by atoms with Crippen LogP contribution in [0.5, 0.6) is 0 Å². The summed E-state index contributed by atoms with van der Waals surface area (Å²) in [6.45, 7) is 5.75. The van der Waals surface area contributed by atoms with Crippen LogP contribution in [0.3, 0.4) is 0 Å². The first-order valence-corrected chi connectivity index (χ1v) is 8.97. The average molecular weight is 395 g/mol. The predicted octanol–water partition coefficient (Wildman–Crippen LogP) is 4.21. The highest BCUT2D eigenvalue weighted by molar-refractivity contribution is 9.10. The molecule has 1 aromatic carbocycles. The third-order valence-electron chi connectivity index (χ3n) is 3.43. The second kappa shape index (κ2) is 7.75. The van der Waals surface area contributed by atoms with E-state index in [1.807, 2.05) is 50.4 Å². The minimum atomic E-state index is -0.590. The van der Waals surface area contributed by atoms with Gasteiger partial charge in [-0.3, -0.25) is 9.59 Å². The molecule has 2 rings (SSSR count). The molecule has 0 radical (unpaired) electrons. The molecule has 0 aliphatic rings. The van der Waals surface area contributed by atoms with Crippen LogP contribution in [0.4, 0.5) is 5.69 Å². The molecule has 4 nitrogen and oxygen atoms in total. The summed E-state index contributed by atoms with van der Waals surface area (Å²) < 4.78 is 0.958. The number of amides is 2. The van der Waals surface area contributed by atoms with Crippen molar-refractivity contribution in [3.63, 3.8) is 0 Å². The Kier molecular flexibility index (Phi) is 5.96. The number of anilines is 1. The molecular formula is C17H19BrN2O2S. The molecule has 0 aliphatic carbocycles. The average Bonchev–Trinajstić information content (AvgIpc) is 3.01. The summed E-state index contributed by atoms with van der Waals surface area (Å²) in [6.07, 6.45) is 0. The molecular weight excluding hydrogens is 376 g/mol. The van der Waals surface area contributed by atoms with E-state index < -0.39 is 6.04 Å². The zero-order valence-corrected chi connectivity index (χ0v) is 15.6. The molecule has 2 amide bonds. The van der Waals surface area contributed by atoms with E-state index in [2.05, 4.69) is 26.6 Å². The Morgan fingerprint density at radius 1 is 1.22 bits per heavy atom. The molecule has 1 aromatic heterocycles. The number of rotatable bonds is 5. The Morgan fingerprint density at radius 3 is 2.52 bits per heavy atom. The summed E-state index contributed by atoms with van der Waals surface area (Å²) in [5.74, 6) is -0.452. The largest absolute Gasteiger partial charge is 0.339 e. The van der Waals surface area contributed by atoms with Crippen LogP contribution in [0.15, 0.2) is 40.2 Å². The molecule has 6 heteroatoms. The zero-order chi connectivity index (χ0) is 17.0. The van der Waals surface area contributed by atoms with Gasteiger partial charge >= 0.3 is 0 Å². The standard InChI is InChI=1S/C17H19BrN2O2S/c1-10(2)15(20-16(21)14-5-4-8-23-14)17(22)19-13-7-6-12(18)9-11(13)3/h4-10,15H,1-3H3,(H,19,22)(H,20,21). The van der Waals surface area contributed by atoms with Crippen LogP contribution < -0.4 is 10.6 Å². The summed E-state index contributed by atoms with van der Waals surface area (Å²) >= 11 is 4.76. The first kappa shape index (κ1) is 17.7. The molecule has 1 heterocycles. The number of hydrogen-bond acceptors (Lipinski definition) is 3. The van der Waals surface area contributed by atoms with E-state index in [1.54, 1.807) is 6.07 Å². The van der Waals surface area contributed by atoms with Crippen LogP contribution >= 0.6 is 27.3 Å². The topological polar surface area (TPSA) is 58.2 Å². The van der Waals surface area contributed by atoms with Crippen molar-refractivity contribution in [1.82, 2.24) is 5.32 Å². The van der Waals surface area contributed by atoms with Gasteiger partial charge in [-0.25, -0.2) is 0 Å². The number of aryl methyl sites for hydroxylation is 1. The Bertz CT molecular complexity index is 699. The van der Waals surface area contributed by atoms with Gasteiger partial charge in [0.05, 0.1) is 4.88 Å². The van der Waals surface area contributed by atoms with E-state index in [4.69, 9.17) is 0 Å². The second-order valence-corrected chi connectivity index (χ2v) is 7.48. The van der Waals surface area contributed by atoms with Gasteiger partial charge in [-0.1, -0.05) is 35.8 Å². The quantitative estimate of drug-likeness (QED) is 0.797. The van der Waals surface area contributed by atoms with E-state index in [1.165, 1.54) is 11.3 Å². The molecule has 0 aliphatic heterocycles. The Hall–Kier alpha value is -1.66. The molecule has 0 bridgehead atoms. The van der Waals surface area contributed by atoms with Gasteiger partial charge in [-0.15, -0.1) is 11.3 Å². The van der Waals surface area contributed by atoms with Crippen molar-refractivity contribution in [2.75, 3.05) is 5.32 Å². The fraction of sp³-hybridized carbons (Fsp3) is 0.294. The van der Waals surface area contributed by atoms with E-state index in [-0.39, 0.29) is 17.7 Å². The lowest BCUT2D eigenvalue weighted by molar-refractivity contribution is -0.118. The summed E-state index contributed by atoms with van der Waals surface area (Å²) in [7, 11) is 0. The van der Waals surface area contributed by atoms with Gasteiger partial charge in [-0.2, -0.15) is 0 Å². The lowest BCUT2D eigenvalue weighted by Crippen LogP contribution is -2.47. The van der Waals surface area contributed by atoms with Gasteiger partial charge < -0.3 is 10.6 Å². The number of carbonyl (C=O) groups is 2. The summed E-state index contributed by atoms with van der Waals surface area (Å²) in [5.41, 5.74) is 1.70. The van der Waals surface area contributed by atoms with Crippen molar-refractivity contribution in [3.8, 4) is 0 Å². The minimum Gasteiger partial charge on any atom is -0.339 e. The van der Waals surface area contributed by atoms with Gasteiger partial charge in [0, 0.05) is 10.2 Å². The van der Waals surface area contributed by atoms with Crippen LogP contribution in [0, 0.1) is 12.8 Å². The number of hydrogen-bond donors (Lipinski definition) is 2. The van der Waals surface area contributed by atoms with Gasteiger partial charge in [0.25, 0.3) is 5.91 Å². The van der Waals surface area contributed by atoms with Crippen LogP contribution in [0.25, 0.3) is 0 Å². The maximum absolute atomic E-state index is 12.6. The molecule has 122 valence electrons. The van der Waals surface area contributed by atoms with Crippen molar-refractivity contribution >= 4 is 44.8 Å². The third kappa shape index (κ3) is 4.65. The Morgan fingerprint density at radius 2 is 1.96 bits per heavy atom. The number of halogens is 1. The second-order valence-electron chi connectivity index (χ2n) is 5.62. The first-order chi connectivity index (χ1) is 10.9. The third-order valence-corrected chi connectivity index (χ3v) is 4.79. The zero-order valence-electron chi connectivity index (χ0n) is 13.2. The number of thiophene rings is 1. The molecule has 0 spiro atoms. The van der Waals surface area contributed by atoms with E-state index in [0.717, 1.165) is 15.7 Å². The molecule has 2 aromatic rings. The highest BCUT2D eigenvalue weighted by atomic mass is 79.9. The maximum atomic E-state index is 12.6. The van der Waals surface area contributed by atoms with Gasteiger partial charge in [0.15, 0.2) is 0 Å². The lowest BCUT2D eigenvalue weighted by Gasteiger charge is -2.22. The maximum Gasteiger partial charge on any atom is 0.262 e. The molecule has 0 fully saturated rings. The highest BCUT2D eigenvalue weighted by Crippen LogP contribution is 2.21. The minimum absolute atomic E-state index is 0.0188. The molecule has 2 N–H and O–H groups in total. The van der Waals surface area contributed by atoms with Crippen molar-refractivity contribution in [2.24, 2.45) is 5.92 Å². The lowest BCUT2D eigenvalue weighted by atomic mass is 10.0. The number of benzene rings is 1. The fourth-order valence-corrected chi connectivity index (χ4v) is 3.24. The van der Waals surface area contributed by atoms with Crippen molar-refractivity contribution in [3.05, 3.63) is 50.6 Å². The molecule has 0 saturated carbocycles. The van der Waals surface area contributed by atoms with Gasteiger partial charge in [-0.05, 0) is 48.1 Å². The molecule has 1 unspecified atom stereocenters. The normalized spacial score (nSPS) is 12.0. The van der Waals surface area contributed by atoms with Crippen LogP contribution in [0.2, 0.25) is 0 Å². The van der Waals surface area contributed by atoms with Crippen LogP contribution in [0.1, 0.15) is 29.1 Å². The fourth-order valence-electron chi connectivity index (χ4n) is 2.13. The monoisotopic (exact) mass is 394 g/mol. The van der Waals surface area contributed by atoms with Crippen molar-refractivity contribution in [1.29, 1.82) is 0 Å². The van der Waals surface area contributed by atoms with Crippen LogP contribution in [-0.4, -0.2) is 17.9 Å². The summed E-state index contributed by atoms with van der Waals surface area (Å²) in [6, 6.07) is 8.62. The Balaban J connectivity index is 2.10. The summed E-state index contributed by atoms with van der Waals surface area (Å²) in [4.78, 5) is 25.4. The number of carbonyl (C=O) groups excluding carboxylic acids is 2. The highest BCUT2D eigenvalue weighted by Gasteiger charge is 2.25. The van der Waals surface area contributed by atoms with Gasteiger partial charge in [0.1, 0.15) is 6.04 Å². The number of nitrogens with one attached hydrogen (secondary N) is 2. The predicted molar refractivity (Wildman–Crippen MR) is 97.9 cm³/mol. The molecule has 23 heavy (non-hydrogen) atoms. The van der Waals surface area contributed by atoms with Crippen molar-refractivity contribution < 1.29 is 9.59 Å². The van der Waals surface area contributed by atoms with E-state index >= 15 is 0 Å². The molecule has 0 saturated heterocycles. The SMILES string of the molecule is Cc1cc(Br)ccc1NC(=O)C(NC(=O)c1cccs1)C(C)C. The van der Waals surface area contributed by atoms with Gasteiger partial charge in [0.2, 0.25) is 5.91 Å². The van der Waals surface area contributed by atoms with Crippen LogP contribution in [-0.2, 0) is 4.79 Å². The van der Waals surface area contributed by atoms with E-state index in [0.29, 0.717) is 4.88 Å². The Labute approximate surface area is 148 Å².